The molecule has 0 amide bonds. The van der Waals surface area contributed by atoms with E-state index < -0.39 is 0 Å². The van der Waals surface area contributed by atoms with Crippen molar-refractivity contribution in [2.45, 2.75) is 18.9 Å². The molecule has 2 fully saturated rings. The van der Waals surface area contributed by atoms with Crippen molar-refractivity contribution in [3.63, 3.8) is 0 Å². The first-order chi connectivity index (χ1) is 9.86. The second-order valence-electron chi connectivity index (χ2n) is 5.70. The first-order valence-corrected chi connectivity index (χ1v) is 8.71. The molecule has 4 heteroatoms. The van der Waals surface area contributed by atoms with E-state index in [-0.39, 0.29) is 0 Å². The van der Waals surface area contributed by atoms with Crippen molar-refractivity contribution in [3.05, 3.63) is 33.4 Å². The SMILES string of the molecule is Ic1ccccc1[C@@H](C1CCOCC1)N1CCNCC1. The van der Waals surface area contributed by atoms with E-state index in [0.29, 0.717) is 6.04 Å². The van der Waals surface area contributed by atoms with Crippen LogP contribution in [0.15, 0.2) is 24.3 Å². The summed E-state index contributed by atoms with van der Waals surface area (Å²) in [6, 6.07) is 9.46. The first-order valence-electron chi connectivity index (χ1n) is 7.63. The largest absolute Gasteiger partial charge is 0.381 e. The summed E-state index contributed by atoms with van der Waals surface area (Å²) in [5.74, 6) is 0.734. The summed E-state index contributed by atoms with van der Waals surface area (Å²) in [7, 11) is 0. The van der Waals surface area contributed by atoms with Crippen LogP contribution in [0, 0.1) is 9.49 Å². The normalized spacial score (nSPS) is 23.6. The minimum Gasteiger partial charge on any atom is -0.381 e. The van der Waals surface area contributed by atoms with Crippen LogP contribution in [0.1, 0.15) is 24.4 Å². The van der Waals surface area contributed by atoms with Gasteiger partial charge in [-0.1, -0.05) is 18.2 Å². The van der Waals surface area contributed by atoms with Gasteiger partial charge in [-0.05, 0) is 53.0 Å². The van der Waals surface area contributed by atoms with Gasteiger partial charge < -0.3 is 10.1 Å². The van der Waals surface area contributed by atoms with E-state index in [9.17, 15) is 0 Å². The zero-order valence-corrected chi connectivity index (χ0v) is 14.0. The molecule has 20 heavy (non-hydrogen) atoms. The Balaban J connectivity index is 1.87. The second kappa shape index (κ2) is 7.20. The number of ether oxygens (including phenoxy) is 1. The number of nitrogens with zero attached hydrogens (tertiary/aromatic N) is 1. The van der Waals surface area contributed by atoms with Crippen LogP contribution in [-0.2, 0) is 4.74 Å². The fourth-order valence-electron chi connectivity index (χ4n) is 3.46. The van der Waals surface area contributed by atoms with Crippen LogP contribution in [-0.4, -0.2) is 44.3 Å². The van der Waals surface area contributed by atoms with Crippen LogP contribution in [0.2, 0.25) is 0 Å². The van der Waals surface area contributed by atoms with Crippen molar-refractivity contribution in [2.24, 2.45) is 5.92 Å². The van der Waals surface area contributed by atoms with E-state index in [1.54, 1.807) is 0 Å². The van der Waals surface area contributed by atoms with E-state index in [1.807, 2.05) is 0 Å². The Morgan fingerprint density at radius 3 is 2.55 bits per heavy atom. The second-order valence-corrected chi connectivity index (χ2v) is 6.86. The Hall–Kier alpha value is -0.170. The van der Waals surface area contributed by atoms with Gasteiger partial charge in [0.2, 0.25) is 0 Å². The highest BCUT2D eigenvalue weighted by Crippen LogP contribution is 2.37. The molecule has 0 saturated carbocycles. The molecule has 2 saturated heterocycles. The average Bonchev–Trinajstić information content (AvgIpc) is 2.52. The zero-order valence-electron chi connectivity index (χ0n) is 11.9. The van der Waals surface area contributed by atoms with Gasteiger partial charge >= 0.3 is 0 Å². The Kier molecular flexibility index (Phi) is 5.31. The van der Waals surface area contributed by atoms with E-state index in [4.69, 9.17) is 4.74 Å². The van der Waals surface area contributed by atoms with Crippen LogP contribution < -0.4 is 5.32 Å². The molecule has 3 nitrogen and oxygen atoms in total. The number of benzene rings is 1. The van der Waals surface area contributed by atoms with Crippen LogP contribution in [0.4, 0.5) is 0 Å². The molecular weight excluding hydrogens is 363 g/mol. The van der Waals surface area contributed by atoms with E-state index in [2.05, 4.69) is 57.1 Å². The molecule has 0 radical (unpaired) electrons. The predicted octanol–water partition coefficient (Wildman–Crippen LogP) is 2.66. The minimum atomic E-state index is 0.564. The number of hydrogen-bond donors (Lipinski definition) is 1. The quantitative estimate of drug-likeness (QED) is 0.809. The van der Waals surface area contributed by atoms with Crippen molar-refractivity contribution in [2.75, 3.05) is 39.4 Å². The monoisotopic (exact) mass is 386 g/mol. The number of piperazine rings is 1. The van der Waals surface area contributed by atoms with Gasteiger partial charge in [-0.25, -0.2) is 0 Å². The molecule has 0 aromatic heterocycles. The van der Waals surface area contributed by atoms with Crippen molar-refractivity contribution < 1.29 is 4.74 Å². The minimum absolute atomic E-state index is 0.564. The maximum absolute atomic E-state index is 5.57. The van der Waals surface area contributed by atoms with Crippen molar-refractivity contribution in [1.82, 2.24) is 10.2 Å². The average molecular weight is 386 g/mol. The molecule has 2 aliphatic heterocycles. The molecule has 1 aromatic carbocycles. The van der Waals surface area contributed by atoms with Gasteiger partial charge in [0, 0.05) is 49.0 Å². The summed E-state index contributed by atoms with van der Waals surface area (Å²) in [5.41, 5.74) is 1.52. The molecule has 110 valence electrons. The zero-order chi connectivity index (χ0) is 13.8. The number of hydrogen-bond acceptors (Lipinski definition) is 3. The van der Waals surface area contributed by atoms with Gasteiger partial charge in [0.05, 0.1) is 0 Å². The molecule has 1 N–H and O–H groups in total. The summed E-state index contributed by atoms with van der Waals surface area (Å²) >= 11 is 2.49. The number of halogens is 1. The van der Waals surface area contributed by atoms with E-state index in [0.717, 1.165) is 45.3 Å². The lowest BCUT2D eigenvalue weighted by Gasteiger charge is -2.41. The van der Waals surface area contributed by atoms with Crippen molar-refractivity contribution >= 4 is 22.6 Å². The topological polar surface area (TPSA) is 24.5 Å². The van der Waals surface area contributed by atoms with Crippen LogP contribution >= 0.6 is 22.6 Å². The highest BCUT2D eigenvalue weighted by atomic mass is 127. The third kappa shape index (κ3) is 3.35. The van der Waals surface area contributed by atoms with Crippen molar-refractivity contribution in [3.8, 4) is 0 Å². The van der Waals surface area contributed by atoms with Crippen LogP contribution in [0.25, 0.3) is 0 Å². The maximum atomic E-state index is 5.57. The summed E-state index contributed by atoms with van der Waals surface area (Å²) in [6.45, 7) is 6.40. The molecule has 0 spiro atoms. The van der Waals surface area contributed by atoms with Gasteiger partial charge in [-0.3, -0.25) is 4.90 Å². The Labute approximate surface area is 135 Å². The molecule has 2 heterocycles. The van der Waals surface area contributed by atoms with Gasteiger partial charge in [0.15, 0.2) is 0 Å². The Bertz CT molecular complexity index is 410. The summed E-state index contributed by atoms with van der Waals surface area (Å²) in [5, 5.41) is 3.47. The first kappa shape index (κ1) is 14.8. The lowest BCUT2D eigenvalue weighted by molar-refractivity contribution is 0.0211. The lowest BCUT2D eigenvalue weighted by atomic mass is 9.85. The van der Waals surface area contributed by atoms with Crippen molar-refractivity contribution in [1.29, 1.82) is 0 Å². The van der Waals surface area contributed by atoms with Crippen LogP contribution in [0.5, 0.6) is 0 Å². The molecular formula is C16H23IN2O. The Morgan fingerprint density at radius 1 is 1.15 bits per heavy atom. The third-order valence-corrected chi connectivity index (χ3v) is 5.46. The molecule has 2 aliphatic rings. The standard InChI is InChI=1S/C16H23IN2O/c17-15-4-2-1-3-14(15)16(13-5-11-20-12-6-13)19-9-7-18-8-10-19/h1-4,13,16,18H,5-12H2/t16-/m1/s1. The summed E-state index contributed by atoms with van der Waals surface area (Å²) < 4.78 is 6.97. The van der Waals surface area contributed by atoms with Gasteiger partial charge in [-0.15, -0.1) is 0 Å². The Morgan fingerprint density at radius 2 is 1.85 bits per heavy atom. The molecule has 0 unspecified atom stereocenters. The number of rotatable bonds is 3. The molecule has 3 rings (SSSR count). The van der Waals surface area contributed by atoms with Gasteiger partial charge in [0.1, 0.15) is 0 Å². The molecule has 0 aliphatic carbocycles. The maximum Gasteiger partial charge on any atom is 0.0469 e. The molecule has 0 bridgehead atoms. The smallest absolute Gasteiger partial charge is 0.0469 e. The highest BCUT2D eigenvalue weighted by molar-refractivity contribution is 14.1. The van der Waals surface area contributed by atoms with Gasteiger partial charge in [0.25, 0.3) is 0 Å². The predicted molar refractivity (Wildman–Crippen MR) is 89.9 cm³/mol. The fraction of sp³-hybridized carbons (Fsp3) is 0.625. The van der Waals surface area contributed by atoms with Crippen LogP contribution in [0.3, 0.4) is 0 Å². The summed E-state index contributed by atoms with van der Waals surface area (Å²) in [6.07, 6.45) is 2.39. The highest BCUT2D eigenvalue weighted by Gasteiger charge is 2.32. The third-order valence-electron chi connectivity index (χ3n) is 4.48. The fourth-order valence-corrected chi connectivity index (χ4v) is 4.16. The lowest BCUT2D eigenvalue weighted by Crippen LogP contribution is -2.47. The number of nitrogens with one attached hydrogen (secondary N) is 1. The molecule has 1 atom stereocenters. The van der Waals surface area contributed by atoms with E-state index in [1.165, 1.54) is 22.0 Å². The summed E-state index contributed by atoms with van der Waals surface area (Å²) in [4.78, 5) is 2.68. The van der Waals surface area contributed by atoms with E-state index >= 15 is 0 Å². The molecule has 1 aromatic rings. The van der Waals surface area contributed by atoms with Gasteiger partial charge in [-0.2, -0.15) is 0 Å².